The number of amides is 3. The van der Waals surface area contributed by atoms with Crippen molar-refractivity contribution in [2.45, 2.75) is 50.9 Å². The molecule has 3 amide bonds. The molecule has 8 heteroatoms. The van der Waals surface area contributed by atoms with Gasteiger partial charge >= 0.3 is 0 Å². The highest BCUT2D eigenvalue weighted by molar-refractivity contribution is 6.05. The second-order valence-corrected chi connectivity index (χ2v) is 9.16. The van der Waals surface area contributed by atoms with Gasteiger partial charge in [-0.05, 0) is 43.0 Å². The smallest absolute Gasteiger partial charge is 0.255 e. The van der Waals surface area contributed by atoms with Gasteiger partial charge in [0.2, 0.25) is 11.8 Å². The largest absolute Gasteiger partial charge is 0.322 e. The van der Waals surface area contributed by atoms with E-state index in [1.807, 2.05) is 12.1 Å². The predicted octanol–water partition coefficient (Wildman–Crippen LogP) is 0.317. The lowest BCUT2D eigenvalue weighted by Gasteiger charge is -2.41. The third kappa shape index (κ3) is 4.12. The number of hydrogen-bond donors (Lipinski definition) is 2. The molecule has 3 fully saturated rings. The van der Waals surface area contributed by atoms with E-state index < -0.39 is 6.04 Å². The van der Waals surface area contributed by atoms with Crippen LogP contribution in [0.15, 0.2) is 18.2 Å². The van der Waals surface area contributed by atoms with Crippen LogP contribution in [0.3, 0.4) is 0 Å². The molecule has 4 aliphatic rings. The number of piperazine rings is 1. The lowest BCUT2D eigenvalue weighted by Crippen LogP contribution is -2.53. The molecule has 166 valence electrons. The maximum absolute atomic E-state index is 13.1. The highest BCUT2D eigenvalue weighted by atomic mass is 16.2. The number of fused-ring (bicyclic) bond motifs is 1. The third-order valence-electron chi connectivity index (χ3n) is 7.22. The van der Waals surface area contributed by atoms with E-state index in [1.54, 1.807) is 4.90 Å². The number of rotatable bonds is 4. The standard InChI is InChI=1S/C23H31N5O3/c29-21-7-6-20(22(30)25-21)28-15-19-16(3-1-5-18(19)23(28)31)13-26-10-2-4-17(14-26)27-11-8-24-9-12-27/h1,3,5,17,20,24H,2,4,6-15H2,(H,25,29,30). The van der Waals surface area contributed by atoms with Gasteiger partial charge in [0.1, 0.15) is 6.04 Å². The summed E-state index contributed by atoms with van der Waals surface area (Å²) >= 11 is 0. The topological polar surface area (TPSA) is 85.0 Å². The number of likely N-dealkylation sites (tertiary alicyclic amines) is 1. The summed E-state index contributed by atoms with van der Waals surface area (Å²) < 4.78 is 0. The van der Waals surface area contributed by atoms with Crippen molar-refractivity contribution < 1.29 is 14.4 Å². The SMILES string of the molecule is O=C1CCC(N2Cc3c(CN4CCCC(N5CCNCC5)C4)cccc3C2=O)C(=O)N1. The summed E-state index contributed by atoms with van der Waals surface area (Å²) in [5.74, 6) is -0.701. The van der Waals surface area contributed by atoms with Crippen molar-refractivity contribution >= 4 is 17.7 Å². The minimum atomic E-state index is -0.558. The van der Waals surface area contributed by atoms with Gasteiger partial charge in [0.05, 0.1) is 0 Å². The molecule has 1 aromatic carbocycles. The van der Waals surface area contributed by atoms with E-state index in [2.05, 4.69) is 26.5 Å². The first kappa shape index (κ1) is 20.6. The van der Waals surface area contributed by atoms with Crippen LogP contribution in [-0.4, -0.2) is 83.8 Å². The summed E-state index contributed by atoms with van der Waals surface area (Å²) in [4.78, 5) is 43.7. The molecule has 4 heterocycles. The predicted molar refractivity (Wildman–Crippen MR) is 115 cm³/mol. The minimum absolute atomic E-state index is 0.0938. The maximum atomic E-state index is 13.1. The summed E-state index contributed by atoms with van der Waals surface area (Å²) in [6.45, 7) is 7.81. The average molecular weight is 426 g/mol. The van der Waals surface area contributed by atoms with Crippen LogP contribution in [-0.2, 0) is 22.7 Å². The Morgan fingerprint density at radius 2 is 1.87 bits per heavy atom. The van der Waals surface area contributed by atoms with Gasteiger partial charge < -0.3 is 10.2 Å². The monoisotopic (exact) mass is 425 g/mol. The Morgan fingerprint density at radius 1 is 1.03 bits per heavy atom. The lowest BCUT2D eigenvalue weighted by molar-refractivity contribution is -0.136. The molecule has 0 saturated carbocycles. The molecule has 0 bridgehead atoms. The number of nitrogens with zero attached hydrogens (tertiary/aromatic N) is 3. The van der Waals surface area contributed by atoms with Crippen molar-refractivity contribution in [3.63, 3.8) is 0 Å². The van der Waals surface area contributed by atoms with Crippen LogP contribution in [0.2, 0.25) is 0 Å². The highest BCUT2D eigenvalue weighted by Gasteiger charge is 2.40. The van der Waals surface area contributed by atoms with Crippen LogP contribution in [0.5, 0.6) is 0 Å². The normalized spacial score (nSPS) is 28.0. The van der Waals surface area contributed by atoms with E-state index in [-0.39, 0.29) is 24.1 Å². The van der Waals surface area contributed by atoms with E-state index in [0.717, 1.165) is 51.4 Å². The molecule has 0 spiro atoms. The number of imide groups is 1. The van der Waals surface area contributed by atoms with Gasteiger partial charge in [0.25, 0.3) is 5.91 Å². The second-order valence-electron chi connectivity index (χ2n) is 9.16. The van der Waals surface area contributed by atoms with E-state index in [9.17, 15) is 14.4 Å². The molecule has 31 heavy (non-hydrogen) atoms. The summed E-state index contributed by atoms with van der Waals surface area (Å²) in [7, 11) is 0. The van der Waals surface area contributed by atoms with Crippen LogP contribution in [0.1, 0.15) is 47.2 Å². The third-order valence-corrected chi connectivity index (χ3v) is 7.22. The Morgan fingerprint density at radius 3 is 2.68 bits per heavy atom. The zero-order valence-electron chi connectivity index (χ0n) is 17.9. The van der Waals surface area contributed by atoms with Crippen molar-refractivity contribution in [2.24, 2.45) is 0 Å². The first-order chi connectivity index (χ1) is 15.1. The molecule has 4 aliphatic heterocycles. The highest BCUT2D eigenvalue weighted by Crippen LogP contribution is 2.31. The molecule has 0 aliphatic carbocycles. The Bertz CT molecular complexity index is 882. The molecule has 5 rings (SSSR count). The number of nitrogens with one attached hydrogen (secondary N) is 2. The molecule has 1 aromatic rings. The van der Waals surface area contributed by atoms with E-state index in [1.165, 1.54) is 18.4 Å². The summed E-state index contributed by atoms with van der Waals surface area (Å²) in [6, 6.07) is 5.99. The Hall–Kier alpha value is -2.29. The van der Waals surface area contributed by atoms with Gasteiger partial charge in [-0.3, -0.25) is 29.5 Å². The van der Waals surface area contributed by atoms with Crippen molar-refractivity contribution in [3.8, 4) is 0 Å². The van der Waals surface area contributed by atoms with Crippen molar-refractivity contribution in [1.29, 1.82) is 0 Å². The number of carbonyl (C=O) groups excluding carboxylic acids is 3. The van der Waals surface area contributed by atoms with Gasteiger partial charge in [-0.15, -0.1) is 0 Å². The molecule has 3 saturated heterocycles. The van der Waals surface area contributed by atoms with Crippen LogP contribution >= 0.6 is 0 Å². The molecule has 8 nitrogen and oxygen atoms in total. The summed E-state index contributed by atoms with van der Waals surface area (Å²) in [5.41, 5.74) is 2.93. The van der Waals surface area contributed by atoms with E-state index in [0.29, 0.717) is 24.6 Å². The van der Waals surface area contributed by atoms with E-state index >= 15 is 0 Å². The van der Waals surface area contributed by atoms with E-state index in [4.69, 9.17) is 0 Å². The van der Waals surface area contributed by atoms with Gasteiger partial charge in [-0.25, -0.2) is 0 Å². The number of carbonyl (C=O) groups is 3. The Labute approximate surface area is 182 Å². The molecule has 2 unspecified atom stereocenters. The fourth-order valence-corrected chi connectivity index (χ4v) is 5.56. The Kier molecular flexibility index (Phi) is 5.77. The minimum Gasteiger partial charge on any atom is -0.322 e. The zero-order chi connectivity index (χ0) is 21.4. The van der Waals surface area contributed by atoms with Crippen LogP contribution in [0.25, 0.3) is 0 Å². The summed E-state index contributed by atoms with van der Waals surface area (Å²) in [6.07, 6.45) is 3.14. The van der Waals surface area contributed by atoms with Gasteiger partial charge in [0.15, 0.2) is 0 Å². The quantitative estimate of drug-likeness (QED) is 0.676. The fraction of sp³-hybridized carbons (Fsp3) is 0.609. The molecule has 0 radical (unpaired) electrons. The Balaban J connectivity index is 1.29. The van der Waals surface area contributed by atoms with Gasteiger partial charge in [-0.1, -0.05) is 12.1 Å². The van der Waals surface area contributed by atoms with Gasteiger partial charge in [0, 0.05) is 63.8 Å². The van der Waals surface area contributed by atoms with Crippen LogP contribution in [0, 0.1) is 0 Å². The number of hydrogen-bond acceptors (Lipinski definition) is 6. The van der Waals surface area contributed by atoms with Crippen molar-refractivity contribution in [1.82, 2.24) is 25.3 Å². The lowest BCUT2D eigenvalue weighted by atomic mass is 9.99. The fourth-order valence-electron chi connectivity index (χ4n) is 5.56. The molecular weight excluding hydrogens is 394 g/mol. The molecule has 2 atom stereocenters. The van der Waals surface area contributed by atoms with Crippen LogP contribution in [0.4, 0.5) is 0 Å². The second kappa shape index (κ2) is 8.68. The zero-order valence-corrected chi connectivity index (χ0v) is 17.9. The maximum Gasteiger partial charge on any atom is 0.255 e. The summed E-state index contributed by atoms with van der Waals surface area (Å²) in [5, 5.41) is 5.82. The van der Waals surface area contributed by atoms with Gasteiger partial charge in [-0.2, -0.15) is 0 Å². The molecular formula is C23H31N5O3. The first-order valence-corrected chi connectivity index (χ1v) is 11.5. The van der Waals surface area contributed by atoms with Crippen molar-refractivity contribution in [2.75, 3.05) is 39.3 Å². The van der Waals surface area contributed by atoms with Crippen LogP contribution < -0.4 is 10.6 Å². The molecule has 2 N–H and O–H groups in total. The number of benzene rings is 1. The van der Waals surface area contributed by atoms with Crippen molar-refractivity contribution in [3.05, 3.63) is 34.9 Å². The first-order valence-electron chi connectivity index (χ1n) is 11.5. The average Bonchev–Trinajstić information content (AvgIpc) is 3.12. The molecule has 0 aromatic heterocycles. The number of piperidine rings is 2.